The predicted octanol–water partition coefficient (Wildman–Crippen LogP) is 1.22. The first kappa shape index (κ1) is 16.2. The van der Waals surface area contributed by atoms with Crippen LogP contribution in [0, 0.1) is 0 Å². The third kappa shape index (κ3) is 3.71. The van der Waals surface area contributed by atoms with Gasteiger partial charge in [0, 0.05) is 32.7 Å². The van der Waals surface area contributed by atoms with E-state index in [2.05, 4.69) is 5.32 Å². The summed E-state index contributed by atoms with van der Waals surface area (Å²) >= 11 is 0. The number of carbonyl (C=O) groups excluding carboxylic acids is 3. The van der Waals surface area contributed by atoms with E-state index in [1.54, 1.807) is 24.3 Å². The molecule has 1 heterocycles. The van der Waals surface area contributed by atoms with Gasteiger partial charge in [-0.1, -0.05) is 12.1 Å². The second kappa shape index (κ2) is 7.70. The van der Waals surface area contributed by atoms with Crippen LogP contribution >= 0.6 is 0 Å². The van der Waals surface area contributed by atoms with E-state index in [4.69, 9.17) is 4.74 Å². The van der Waals surface area contributed by atoms with Crippen LogP contribution in [0.15, 0.2) is 24.3 Å². The van der Waals surface area contributed by atoms with Crippen LogP contribution in [0.25, 0.3) is 0 Å². The standard InChI is InChI=1S/C16H20N2O4/c1-2-22-11-5-9-17-14(19)8-10-18-15(20)12-6-3-4-7-13(12)16(18)21/h3-4,6-7H,2,5,8-11H2,1H3,(H,17,19). The number of nitrogens with one attached hydrogen (secondary N) is 1. The van der Waals surface area contributed by atoms with E-state index in [9.17, 15) is 14.4 Å². The fraction of sp³-hybridized carbons (Fsp3) is 0.438. The highest BCUT2D eigenvalue weighted by Gasteiger charge is 2.34. The second-order valence-electron chi connectivity index (χ2n) is 4.96. The van der Waals surface area contributed by atoms with Crippen molar-refractivity contribution in [1.82, 2.24) is 10.2 Å². The van der Waals surface area contributed by atoms with Crippen LogP contribution in [0.3, 0.4) is 0 Å². The molecule has 0 saturated heterocycles. The summed E-state index contributed by atoms with van der Waals surface area (Å²) in [6.45, 7) is 3.81. The maximum atomic E-state index is 12.1. The zero-order valence-electron chi connectivity index (χ0n) is 12.6. The minimum Gasteiger partial charge on any atom is -0.382 e. The number of fused-ring (bicyclic) bond motifs is 1. The Morgan fingerprint density at radius 2 is 1.82 bits per heavy atom. The molecule has 22 heavy (non-hydrogen) atoms. The molecule has 118 valence electrons. The maximum absolute atomic E-state index is 12.1. The molecule has 0 unspecified atom stereocenters. The van der Waals surface area contributed by atoms with Crippen LogP contribution in [0.2, 0.25) is 0 Å². The van der Waals surface area contributed by atoms with Gasteiger partial charge in [-0.25, -0.2) is 0 Å². The molecule has 1 N–H and O–H groups in total. The van der Waals surface area contributed by atoms with E-state index >= 15 is 0 Å². The van der Waals surface area contributed by atoms with Crippen molar-refractivity contribution >= 4 is 17.7 Å². The van der Waals surface area contributed by atoms with Gasteiger partial charge in [0.2, 0.25) is 5.91 Å². The Labute approximate surface area is 129 Å². The molecule has 1 aromatic rings. The van der Waals surface area contributed by atoms with Crippen molar-refractivity contribution in [2.45, 2.75) is 19.8 Å². The fourth-order valence-electron chi connectivity index (χ4n) is 2.29. The van der Waals surface area contributed by atoms with Crippen molar-refractivity contribution in [2.24, 2.45) is 0 Å². The Kier molecular flexibility index (Phi) is 5.66. The average molecular weight is 304 g/mol. The number of hydrogen-bond donors (Lipinski definition) is 1. The highest BCUT2D eigenvalue weighted by Crippen LogP contribution is 2.22. The minimum atomic E-state index is -0.329. The second-order valence-corrected chi connectivity index (χ2v) is 4.96. The Morgan fingerprint density at radius 3 is 2.41 bits per heavy atom. The Hall–Kier alpha value is -2.21. The molecule has 0 aromatic heterocycles. The number of carbonyl (C=O) groups is 3. The normalized spacial score (nSPS) is 13.4. The van der Waals surface area contributed by atoms with Gasteiger partial charge < -0.3 is 10.1 Å². The van der Waals surface area contributed by atoms with Gasteiger partial charge in [-0.05, 0) is 25.5 Å². The summed E-state index contributed by atoms with van der Waals surface area (Å²) in [6, 6.07) is 6.70. The van der Waals surface area contributed by atoms with Gasteiger partial charge >= 0.3 is 0 Å². The monoisotopic (exact) mass is 304 g/mol. The zero-order chi connectivity index (χ0) is 15.9. The molecule has 0 fully saturated rings. The molecule has 2 rings (SSSR count). The predicted molar refractivity (Wildman–Crippen MR) is 80.5 cm³/mol. The molecular weight excluding hydrogens is 284 g/mol. The minimum absolute atomic E-state index is 0.101. The molecule has 1 aliphatic heterocycles. The van der Waals surface area contributed by atoms with Crippen molar-refractivity contribution in [2.75, 3.05) is 26.3 Å². The van der Waals surface area contributed by atoms with E-state index in [0.717, 1.165) is 11.3 Å². The third-order valence-electron chi connectivity index (χ3n) is 3.43. The quantitative estimate of drug-likeness (QED) is 0.579. The molecule has 1 aromatic carbocycles. The van der Waals surface area contributed by atoms with Crippen LogP contribution in [0.5, 0.6) is 0 Å². The number of imide groups is 1. The molecule has 6 nitrogen and oxygen atoms in total. The van der Waals surface area contributed by atoms with Crippen molar-refractivity contribution < 1.29 is 19.1 Å². The lowest BCUT2D eigenvalue weighted by Crippen LogP contribution is -2.35. The lowest BCUT2D eigenvalue weighted by atomic mass is 10.1. The van der Waals surface area contributed by atoms with Gasteiger partial charge in [-0.3, -0.25) is 19.3 Å². The van der Waals surface area contributed by atoms with Crippen molar-refractivity contribution in [3.05, 3.63) is 35.4 Å². The lowest BCUT2D eigenvalue weighted by Gasteiger charge is -2.13. The zero-order valence-corrected chi connectivity index (χ0v) is 12.6. The Balaban J connectivity index is 1.77. The van der Waals surface area contributed by atoms with Gasteiger partial charge in [0.1, 0.15) is 0 Å². The number of ether oxygens (including phenoxy) is 1. The topological polar surface area (TPSA) is 75.7 Å². The number of hydrogen-bond acceptors (Lipinski definition) is 4. The summed E-state index contributed by atoms with van der Waals surface area (Å²) in [5.74, 6) is -0.831. The van der Waals surface area contributed by atoms with Crippen LogP contribution in [-0.2, 0) is 9.53 Å². The summed E-state index contributed by atoms with van der Waals surface area (Å²) < 4.78 is 5.17. The molecule has 0 aliphatic carbocycles. The molecule has 3 amide bonds. The molecule has 6 heteroatoms. The Bertz CT molecular complexity index is 536. The molecule has 0 bridgehead atoms. The third-order valence-corrected chi connectivity index (χ3v) is 3.43. The van der Waals surface area contributed by atoms with E-state index in [-0.39, 0.29) is 30.7 Å². The van der Waals surface area contributed by atoms with Gasteiger partial charge in [0.25, 0.3) is 11.8 Å². The van der Waals surface area contributed by atoms with E-state index in [0.29, 0.717) is 30.9 Å². The number of amides is 3. The number of rotatable bonds is 8. The first-order chi connectivity index (χ1) is 10.6. The largest absolute Gasteiger partial charge is 0.382 e. The summed E-state index contributed by atoms with van der Waals surface area (Å²) in [4.78, 5) is 37.1. The smallest absolute Gasteiger partial charge is 0.261 e. The summed E-state index contributed by atoms with van der Waals surface area (Å²) in [6.07, 6.45) is 0.854. The van der Waals surface area contributed by atoms with Crippen molar-refractivity contribution in [3.8, 4) is 0 Å². The van der Waals surface area contributed by atoms with Gasteiger partial charge in [0.05, 0.1) is 11.1 Å². The first-order valence-electron chi connectivity index (χ1n) is 7.44. The maximum Gasteiger partial charge on any atom is 0.261 e. The van der Waals surface area contributed by atoms with E-state index in [1.807, 2.05) is 6.92 Å². The molecular formula is C16H20N2O4. The van der Waals surface area contributed by atoms with E-state index < -0.39 is 0 Å². The van der Waals surface area contributed by atoms with Crippen molar-refractivity contribution in [3.63, 3.8) is 0 Å². The molecule has 0 radical (unpaired) electrons. The summed E-state index contributed by atoms with van der Waals surface area (Å²) in [7, 11) is 0. The van der Waals surface area contributed by atoms with Crippen LogP contribution in [0.4, 0.5) is 0 Å². The number of nitrogens with zero attached hydrogens (tertiary/aromatic N) is 1. The summed E-state index contributed by atoms with van der Waals surface area (Å²) in [5.41, 5.74) is 0.814. The van der Waals surface area contributed by atoms with Crippen LogP contribution in [-0.4, -0.2) is 48.9 Å². The van der Waals surface area contributed by atoms with Gasteiger partial charge in [0.15, 0.2) is 0 Å². The molecule has 0 atom stereocenters. The average Bonchev–Trinajstić information content (AvgIpc) is 2.77. The van der Waals surface area contributed by atoms with Crippen LogP contribution < -0.4 is 5.32 Å². The summed E-state index contributed by atoms with van der Waals surface area (Å²) in [5, 5.41) is 2.75. The van der Waals surface area contributed by atoms with Crippen LogP contribution in [0.1, 0.15) is 40.5 Å². The van der Waals surface area contributed by atoms with E-state index in [1.165, 1.54) is 0 Å². The first-order valence-corrected chi connectivity index (χ1v) is 7.44. The molecule has 1 aliphatic rings. The lowest BCUT2D eigenvalue weighted by molar-refractivity contribution is -0.121. The number of benzene rings is 1. The highest BCUT2D eigenvalue weighted by molar-refractivity contribution is 6.21. The van der Waals surface area contributed by atoms with Crippen molar-refractivity contribution in [1.29, 1.82) is 0 Å². The van der Waals surface area contributed by atoms with Gasteiger partial charge in [-0.15, -0.1) is 0 Å². The SMILES string of the molecule is CCOCCCNC(=O)CCN1C(=O)c2ccccc2C1=O. The van der Waals surface area contributed by atoms with Gasteiger partial charge in [-0.2, -0.15) is 0 Å². The molecule has 0 spiro atoms. The fourth-order valence-corrected chi connectivity index (χ4v) is 2.29. The molecule has 0 saturated carbocycles. The Morgan fingerprint density at radius 1 is 1.18 bits per heavy atom. The highest BCUT2D eigenvalue weighted by atomic mass is 16.5.